The van der Waals surface area contributed by atoms with Gasteiger partial charge >= 0.3 is 7.60 Å². The van der Waals surface area contributed by atoms with Crippen molar-refractivity contribution in [2.45, 2.75) is 13.0 Å². The van der Waals surface area contributed by atoms with E-state index in [1.807, 2.05) is 0 Å². The van der Waals surface area contributed by atoms with Crippen LogP contribution in [0.1, 0.15) is 6.92 Å². The van der Waals surface area contributed by atoms with Crippen LogP contribution in [0.5, 0.6) is 0 Å². The molecular formula is C5H8ClO3P. The highest BCUT2D eigenvalue weighted by molar-refractivity contribution is 7.57. The molecule has 58 valence electrons. The van der Waals surface area contributed by atoms with Crippen molar-refractivity contribution in [3.63, 3.8) is 0 Å². The zero-order valence-corrected chi connectivity index (χ0v) is 7.35. The van der Waals surface area contributed by atoms with Crippen LogP contribution in [0, 0.1) is 0 Å². The van der Waals surface area contributed by atoms with E-state index in [4.69, 9.17) is 16.1 Å². The Balaban J connectivity index is 2.83. The van der Waals surface area contributed by atoms with Crippen molar-refractivity contribution in [1.29, 1.82) is 0 Å². The summed E-state index contributed by atoms with van der Waals surface area (Å²) in [5.41, 5.74) is 0. The van der Waals surface area contributed by atoms with E-state index in [0.29, 0.717) is 5.03 Å². The Kier molecular flexibility index (Phi) is 2.21. The Morgan fingerprint density at radius 2 is 2.50 bits per heavy atom. The summed E-state index contributed by atoms with van der Waals surface area (Å²) in [5, 5.41) is 0.449. The van der Waals surface area contributed by atoms with Crippen LogP contribution in [0.2, 0.25) is 0 Å². The Hall–Kier alpha value is 0.180. The van der Waals surface area contributed by atoms with Gasteiger partial charge in [-0.25, -0.2) is 0 Å². The van der Waals surface area contributed by atoms with Gasteiger partial charge in [0.25, 0.3) is 0 Å². The molecule has 0 saturated carbocycles. The fourth-order valence-electron chi connectivity index (χ4n) is 0.653. The van der Waals surface area contributed by atoms with Gasteiger partial charge in [0.1, 0.15) is 6.10 Å². The molecule has 0 saturated heterocycles. The van der Waals surface area contributed by atoms with Crippen molar-refractivity contribution in [3.05, 3.63) is 10.8 Å². The fraction of sp³-hybridized carbons (Fsp3) is 0.600. The van der Waals surface area contributed by atoms with Crippen molar-refractivity contribution < 1.29 is 13.6 Å². The summed E-state index contributed by atoms with van der Waals surface area (Å²) in [4.78, 5) is 0. The highest BCUT2D eigenvalue weighted by Crippen LogP contribution is 2.57. The summed E-state index contributed by atoms with van der Waals surface area (Å²) in [7, 11) is -1.62. The van der Waals surface area contributed by atoms with Crippen molar-refractivity contribution in [1.82, 2.24) is 0 Å². The summed E-state index contributed by atoms with van der Waals surface area (Å²) >= 11 is 5.61. The van der Waals surface area contributed by atoms with Gasteiger partial charge in [-0.15, -0.1) is 0 Å². The van der Waals surface area contributed by atoms with Gasteiger partial charge in [0, 0.05) is 12.9 Å². The first-order valence-electron chi connectivity index (χ1n) is 2.79. The Morgan fingerprint density at radius 1 is 1.90 bits per heavy atom. The van der Waals surface area contributed by atoms with Gasteiger partial charge in [-0.05, 0) is 6.92 Å². The Labute approximate surface area is 64.5 Å². The molecule has 0 fully saturated rings. The van der Waals surface area contributed by atoms with Gasteiger partial charge in [-0.3, -0.25) is 9.09 Å². The summed E-state index contributed by atoms with van der Waals surface area (Å²) < 4.78 is 20.7. The highest BCUT2D eigenvalue weighted by atomic mass is 35.5. The SMILES string of the molecule is COP1(=O)C=C(Cl)C(C)O1. The monoisotopic (exact) mass is 182 g/mol. The summed E-state index contributed by atoms with van der Waals surface area (Å²) in [5.74, 6) is 1.33. The standard InChI is InChI=1S/C5H8ClO3P/c1-4-5(6)3-10(7,8-2)9-4/h3-4H,1-2H3. The molecule has 1 rings (SSSR count). The molecule has 10 heavy (non-hydrogen) atoms. The molecule has 0 N–H and O–H groups in total. The van der Waals surface area contributed by atoms with Gasteiger partial charge in [0.05, 0.1) is 5.03 Å². The molecule has 0 aromatic carbocycles. The van der Waals surface area contributed by atoms with Crippen LogP contribution in [-0.2, 0) is 13.6 Å². The maximum Gasteiger partial charge on any atom is 0.355 e. The normalized spacial score (nSPS) is 39.9. The summed E-state index contributed by atoms with van der Waals surface area (Å²) in [6, 6.07) is 0. The molecule has 1 aliphatic heterocycles. The molecule has 2 atom stereocenters. The lowest BCUT2D eigenvalue weighted by atomic mass is 10.4. The molecule has 0 aromatic rings. The first kappa shape index (κ1) is 8.28. The van der Waals surface area contributed by atoms with E-state index < -0.39 is 7.60 Å². The van der Waals surface area contributed by atoms with Gasteiger partial charge in [0.15, 0.2) is 0 Å². The van der Waals surface area contributed by atoms with Crippen LogP contribution in [0.3, 0.4) is 0 Å². The number of hydrogen-bond acceptors (Lipinski definition) is 3. The van der Waals surface area contributed by atoms with Gasteiger partial charge in [-0.2, -0.15) is 0 Å². The van der Waals surface area contributed by atoms with E-state index in [1.54, 1.807) is 6.92 Å². The lowest BCUT2D eigenvalue weighted by molar-refractivity contribution is 0.221. The van der Waals surface area contributed by atoms with E-state index in [-0.39, 0.29) is 6.10 Å². The first-order valence-corrected chi connectivity index (χ1v) is 4.78. The minimum Gasteiger partial charge on any atom is -0.309 e. The highest BCUT2D eigenvalue weighted by Gasteiger charge is 2.32. The van der Waals surface area contributed by atoms with Crippen LogP contribution in [0.4, 0.5) is 0 Å². The summed E-state index contributed by atoms with van der Waals surface area (Å²) in [6.07, 6.45) is -0.299. The van der Waals surface area contributed by atoms with Crippen molar-refractivity contribution in [2.75, 3.05) is 7.11 Å². The Morgan fingerprint density at radius 3 is 2.70 bits per heavy atom. The van der Waals surface area contributed by atoms with E-state index in [2.05, 4.69) is 4.52 Å². The van der Waals surface area contributed by atoms with Gasteiger partial charge < -0.3 is 4.52 Å². The largest absolute Gasteiger partial charge is 0.355 e. The quantitative estimate of drug-likeness (QED) is 0.584. The molecule has 0 amide bonds. The molecule has 0 bridgehead atoms. The zero-order chi connectivity index (χ0) is 7.78. The third-order valence-corrected chi connectivity index (χ3v) is 3.51. The fourth-order valence-corrected chi connectivity index (χ4v) is 2.44. The molecule has 1 heterocycles. The zero-order valence-electron chi connectivity index (χ0n) is 5.70. The summed E-state index contributed by atoms with van der Waals surface area (Å²) in [6.45, 7) is 1.72. The molecule has 0 aliphatic carbocycles. The minimum atomic E-state index is -2.96. The van der Waals surface area contributed by atoms with Crippen LogP contribution in [-0.4, -0.2) is 13.2 Å². The number of rotatable bonds is 1. The first-order chi connectivity index (χ1) is 4.57. The molecule has 0 aromatic heterocycles. The average molecular weight is 183 g/mol. The van der Waals surface area contributed by atoms with E-state index in [0.717, 1.165) is 0 Å². The van der Waals surface area contributed by atoms with Crippen molar-refractivity contribution in [3.8, 4) is 0 Å². The second-order valence-corrected chi connectivity index (χ2v) is 4.33. The molecule has 0 radical (unpaired) electrons. The van der Waals surface area contributed by atoms with Crippen LogP contribution < -0.4 is 0 Å². The van der Waals surface area contributed by atoms with E-state index in [1.165, 1.54) is 12.9 Å². The van der Waals surface area contributed by atoms with Gasteiger partial charge in [0.2, 0.25) is 0 Å². The van der Waals surface area contributed by atoms with Crippen molar-refractivity contribution >= 4 is 19.2 Å². The molecule has 0 spiro atoms. The number of halogens is 1. The van der Waals surface area contributed by atoms with E-state index in [9.17, 15) is 4.57 Å². The lowest BCUT2D eigenvalue weighted by Crippen LogP contribution is -1.98. The maximum absolute atomic E-state index is 11.2. The molecule has 2 unspecified atom stereocenters. The van der Waals surface area contributed by atoms with Gasteiger partial charge in [-0.1, -0.05) is 11.6 Å². The second-order valence-electron chi connectivity index (χ2n) is 1.98. The second kappa shape index (κ2) is 2.67. The predicted molar refractivity (Wildman–Crippen MR) is 39.1 cm³/mol. The van der Waals surface area contributed by atoms with Crippen molar-refractivity contribution in [2.24, 2.45) is 0 Å². The minimum absolute atomic E-state index is 0.299. The molecule has 5 heteroatoms. The van der Waals surface area contributed by atoms with E-state index >= 15 is 0 Å². The molecule has 1 aliphatic rings. The maximum atomic E-state index is 11.2. The van der Waals surface area contributed by atoms with Crippen LogP contribution in [0.15, 0.2) is 10.8 Å². The number of hydrogen-bond donors (Lipinski definition) is 0. The predicted octanol–water partition coefficient (Wildman–Crippen LogP) is 2.32. The van der Waals surface area contributed by atoms with Crippen LogP contribution in [0.25, 0.3) is 0 Å². The smallest absolute Gasteiger partial charge is 0.309 e. The third-order valence-electron chi connectivity index (χ3n) is 1.23. The molecule has 3 nitrogen and oxygen atoms in total. The van der Waals surface area contributed by atoms with Crippen LogP contribution >= 0.6 is 19.2 Å². The average Bonchev–Trinajstić information content (AvgIpc) is 2.10. The Bertz CT molecular complexity index is 213. The molecular weight excluding hydrogens is 174 g/mol. The topological polar surface area (TPSA) is 35.5 Å². The lowest BCUT2D eigenvalue weighted by Gasteiger charge is -2.07. The third kappa shape index (κ3) is 1.43.